The Bertz CT molecular complexity index is 763. The number of hydrogen-bond acceptors (Lipinski definition) is 5. The predicted octanol–water partition coefficient (Wildman–Crippen LogP) is 1.15. The smallest absolute Gasteiger partial charge is 0.250 e. The number of rotatable bonds is 6. The van der Waals surface area contributed by atoms with Gasteiger partial charge in [0.15, 0.2) is 0 Å². The highest BCUT2D eigenvalue weighted by Gasteiger charge is 2.23. The largest absolute Gasteiger partial charge is 0.488 e. The highest BCUT2D eigenvalue weighted by molar-refractivity contribution is 7.91. The minimum Gasteiger partial charge on any atom is -0.488 e. The maximum atomic E-state index is 11.9. The quantitative estimate of drug-likeness (QED) is 0.817. The summed E-state index contributed by atoms with van der Waals surface area (Å²) in [6, 6.07) is 10.9. The molecule has 2 aromatic rings. The monoisotopic (exact) mass is 352 g/mol. The van der Waals surface area contributed by atoms with Crippen molar-refractivity contribution in [1.82, 2.24) is 10.0 Å². The lowest BCUT2D eigenvalue weighted by atomic mass is 10.1. The van der Waals surface area contributed by atoms with E-state index in [1.807, 2.05) is 24.3 Å². The molecule has 0 radical (unpaired) electrons. The molecule has 1 aromatic carbocycles. The Morgan fingerprint density at radius 1 is 1.26 bits per heavy atom. The van der Waals surface area contributed by atoms with Crippen molar-refractivity contribution in [2.75, 3.05) is 13.1 Å². The molecular weight excluding hydrogens is 336 g/mol. The second kappa shape index (κ2) is 6.69. The first-order valence-corrected chi connectivity index (χ1v) is 9.45. The molecule has 0 bridgehead atoms. The summed E-state index contributed by atoms with van der Waals surface area (Å²) in [4.78, 5) is 11.8. The van der Waals surface area contributed by atoms with Gasteiger partial charge in [0.1, 0.15) is 16.1 Å². The van der Waals surface area contributed by atoms with E-state index in [0.29, 0.717) is 6.54 Å². The molecule has 122 valence electrons. The zero-order valence-corrected chi connectivity index (χ0v) is 13.8. The Kier molecular flexibility index (Phi) is 4.65. The molecule has 0 saturated heterocycles. The lowest BCUT2D eigenvalue weighted by molar-refractivity contribution is -0.120. The maximum Gasteiger partial charge on any atom is 0.250 e. The average Bonchev–Trinajstić information content (AvgIpc) is 3.20. The van der Waals surface area contributed by atoms with Gasteiger partial charge in [-0.25, -0.2) is 13.1 Å². The first-order chi connectivity index (χ1) is 11.0. The molecule has 1 amide bonds. The SMILES string of the molecule is O=C(CNS(=O)(=O)c1cccs1)NC[C@@H]1Cc2ccccc2O1. The minimum atomic E-state index is -3.62. The highest BCUT2D eigenvalue weighted by Crippen LogP contribution is 2.27. The van der Waals surface area contributed by atoms with Gasteiger partial charge in [-0.1, -0.05) is 24.3 Å². The van der Waals surface area contributed by atoms with Crippen molar-refractivity contribution in [1.29, 1.82) is 0 Å². The Morgan fingerprint density at radius 2 is 2.09 bits per heavy atom. The van der Waals surface area contributed by atoms with E-state index in [-0.39, 0.29) is 22.8 Å². The van der Waals surface area contributed by atoms with Gasteiger partial charge in [-0.2, -0.15) is 0 Å². The molecule has 2 heterocycles. The summed E-state index contributed by atoms with van der Waals surface area (Å²) >= 11 is 1.11. The number of para-hydroxylation sites is 1. The van der Waals surface area contributed by atoms with Crippen LogP contribution in [-0.4, -0.2) is 33.5 Å². The standard InChI is InChI=1S/C15H16N2O4S2/c18-14(10-17-23(19,20)15-6-3-7-22-15)16-9-12-8-11-4-1-2-5-13(11)21-12/h1-7,12,17H,8-10H2,(H,16,18)/t12-/m0/s1. The summed E-state index contributed by atoms with van der Waals surface area (Å²) in [6.45, 7) is 0.0497. The van der Waals surface area contributed by atoms with Crippen LogP contribution in [0.25, 0.3) is 0 Å². The predicted molar refractivity (Wildman–Crippen MR) is 87.1 cm³/mol. The molecule has 0 unspecified atom stereocenters. The van der Waals surface area contributed by atoms with Gasteiger partial charge in [-0.05, 0) is 23.1 Å². The Balaban J connectivity index is 1.44. The number of thiophene rings is 1. The minimum absolute atomic E-state index is 0.120. The third-order valence-corrected chi connectivity index (χ3v) is 6.22. The topological polar surface area (TPSA) is 84.5 Å². The van der Waals surface area contributed by atoms with Crippen molar-refractivity contribution < 1.29 is 17.9 Å². The fourth-order valence-corrected chi connectivity index (χ4v) is 4.33. The van der Waals surface area contributed by atoms with E-state index in [4.69, 9.17) is 4.74 Å². The molecule has 23 heavy (non-hydrogen) atoms. The van der Waals surface area contributed by atoms with Crippen LogP contribution in [-0.2, 0) is 21.2 Å². The van der Waals surface area contributed by atoms with Crippen LogP contribution in [0.5, 0.6) is 5.75 Å². The third kappa shape index (κ3) is 3.90. The molecular formula is C15H16N2O4S2. The maximum absolute atomic E-state index is 11.9. The van der Waals surface area contributed by atoms with Crippen LogP contribution in [0.1, 0.15) is 5.56 Å². The van der Waals surface area contributed by atoms with E-state index < -0.39 is 10.0 Å². The first-order valence-electron chi connectivity index (χ1n) is 7.09. The van der Waals surface area contributed by atoms with E-state index in [9.17, 15) is 13.2 Å². The van der Waals surface area contributed by atoms with Crippen molar-refractivity contribution in [2.45, 2.75) is 16.7 Å². The lowest BCUT2D eigenvalue weighted by Crippen LogP contribution is -2.40. The van der Waals surface area contributed by atoms with Gasteiger partial charge in [0.05, 0.1) is 13.1 Å². The van der Waals surface area contributed by atoms with Gasteiger partial charge in [-0.15, -0.1) is 11.3 Å². The second-order valence-electron chi connectivity index (χ2n) is 5.11. The van der Waals surface area contributed by atoms with Crippen LogP contribution in [0.3, 0.4) is 0 Å². The number of sulfonamides is 1. The molecule has 0 aliphatic carbocycles. The molecule has 0 spiro atoms. The molecule has 2 N–H and O–H groups in total. The van der Waals surface area contributed by atoms with Crippen molar-refractivity contribution in [3.8, 4) is 5.75 Å². The molecule has 8 heteroatoms. The number of fused-ring (bicyclic) bond motifs is 1. The van der Waals surface area contributed by atoms with E-state index >= 15 is 0 Å². The number of amides is 1. The number of carbonyl (C=O) groups excluding carboxylic acids is 1. The van der Waals surface area contributed by atoms with E-state index in [0.717, 1.165) is 29.1 Å². The third-order valence-electron chi connectivity index (χ3n) is 3.42. The Morgan fingerprint density at radius 3 is 2.83 bits per heavy atom. The first kappa shape index (κ1) is 16.0. The number of carbonyl (C=O) groups is 1. The van der Waals surface area contributed by atoms with E-state index in [1.165, 1.54) is 6.07 Å². The number of benzene rings is 1. The van der Waals surface area contributed by atoms with Gasteiger partial charge in [-0.3, -0.25) is 4.79 Å². The molecule has 1 aliphatic heterocycles. The normalized spacial score (nSPS) is 16.6. The molecule has 1 aromatic heterocycles. The van der Waals surface area contributed by atoms with E-state index in [1.54, 1.807) is 11.4 Å². The fourth-order valence-electron chi connectivity index (χ4n) is 2.31. The summed E-state index contributed by atoms with van der Waals surface area (Å²) in [7, 11) is -3.62. The van der Waals surface area contributed by atoms with Crippen LogP contribution >= 0.6 is 11.3 Å². The summed E-state index contributed by atoms with van der Waals surface area (Å²) in [5, 5.41) is 4.36. The molecule has 0 saturated carbocycles. The van der Waals surface area contributed by atoms with Crippen LogP contribution in [0.4, 0.5) is 0 Å². The van der Waals surface area contributed by atoms with Gasteiger partial charge in [0, 0.05) is 6.42 Å². The van der Waals surface area contributed by atoms with Crippen LogP contribution < -0.4 is 14.8 Å². The van der Waals surface area contributed by atoms with Gasteiger partial charge >= 0.3 is 0 Å². The Labute approximate surface area is 138 Å². The number of hydrogen-bond donors (Lipinski definition) is 2. The molecule has 1 atom stereocenters. The average molecular weight is 352 g/mol. The van der Waals surface area contributed by atoms with Crippen LogP contribution in [0.2, 0.25) is 0 Å². The van der Waals surface area contributed by atoms with E-state index in [2.05, 4.69) is 10.0 Å². The molecule has 0 fully saturated rings. The summed E-state index contributed by atoms with van der Waals surface area (Å²) in [5.74, 6) is 0.454. The molecule has 3 rings (SSSR count). The summed E-state index contributed by atoms with van der Waals surface area (Å²) in [6.07, 6.45) is 0.613. The van der Waals surface area contributed by atoms with Crippen LogP contribution in [0, 0.1) is 0 Å². The van der Waals surface area contributed by atoms with Crippen molar-refractivity contribution in [3.63, 3.8) is 0 Å². The highest BCUT2D eigenvalue weighted by atomic mass is 32.2. The molecule has 1 aliphatic rings. The van der Waals surface area contributed by atoms with Crippen molar-refractivity contribution >= 4 is 27.3 Å². The van der Waals surface area contributed by atoms with Crippen molar-refractivity contribution in [2.24, 2.45) is 0 Å². The lowest BCUT2D eigenvalue weighted by Gasteiger charge is -2.12. The summed E-state index contributed by atoms with van der Waals surface area (Å²) in [5.41, 5.74) is 1.12. The van der Waals surface area contributed by atoms with Crippen molar-refractivity contribution in [3.05, 3.63) is 47.3 Å². The number of ether oxygens (including phenoxy) is 1. The zero-order chi connectivity index (χ0) is 16.3. The van der Waals surface area contributed by atoms with Crippen LogP contribution in [0.15, 0.2) is 46.0 Å². The number of nitrogens with one attached hydrogen (secondary N) is 2. The zero-order valence-electron chi connectivity index (χ0n) is 12.2. The van der Waals surface area contributed by atoms with Gasteiger partial charge in [0.25, 0.3) is 10.0 Å². The fraction of sp³-hybridized carbons (Fsp3) is 0.267. The van der Waals surface area contributed by atoms with Gasteiger partial charge in [0.2, 0.25) is 5.91 Å². The Hall–Kier alpha value is -1.90. The van der Waals surface area contributed by atoms with Gasteiger partial charge < -0.3 is 10.1 Å². The second-order valence-corrected chi connectivity index (χ2v) is 8.05. The summed E-state index contributed by atoms with van der Waals surface area (Å²) < 4.78 is 32.0. The molecule has 6 nitrogen and oxygen atoms in total.